The van der Waals surface area contributed by atoms with Crippen LogP contribution in [0.25, 0.3) is 0 Å². The van der Waals surface area contributed by atoms with Gasteiger partial charge in [0.1, 0.15) is 17.6 Å². The van der Waals surface area contributed by atoms with Gasteiger partial charge >= 0.3 is 0 Å². The van der Waals surface area contributed by atoms with Gasteiger partial charge in [-0.25, -0.2) is 4.39 Å². The fourth-order valence-electron chi connectivity index (χ4n) is 3.85. The molecule has 1 aromatic rings. The standard InChI is InChI=1S/C33H60FNO10/c1-7-31(4,14-18-39-24-28(38)25-40-20-16-36)45-26-30(2,3)33(6,35)44-19-15-32(5,34)43-22-21-41-23-27(37)13-17-42-29-11-9-8-10-12-29/h8-12,27-28,36-38H,7,13-26,35H2,1-6H3. The molecule has 0 radical (unpaired) electrons. The lowest BCUT2D eigenvalue weighted by Crippen LogP contribution is -2.55. The predicted octanol–water partition coefficient (Wildman–Crippen LogP) is 3.60. The molecule has 45 heavy (non-hydrogen) atoms. The third-order valence-corrected chi connectivity index (χ3v) is 7.86. The van der Waals surface area contributed by atoms with Gasteiger partial charge in [0.2, 0.25) is 5.85 Å². The first-order valence-electron chi connectivity index (χ1n) is 15.9. The van der Waals surface area contributed by atoms with Crippen molar-refractivity contribution in [1.29, 1.82) is 0 Å². The van der Waals surface area contributed by atoms with Crippen molar-refractivity contribution in [3.63, 3.8) is 0 Å². The zero-order valence-electron chi connectivity index (χ0n) is 28.3. The highest BCUT2D eigenvalue weighted by Crippen LogP contribution is 2.34. The van der Waals surface area contributed by atoms with Gasteiger partial charge in [0.25, 0.3) is 0 Å². The number of benzene rings is 1. The summed E-state index contributed by atoms with van der Waals surface area (Å²) in [6.07, 6.45) is 0.263. The van der Waals surface area contributed by atoms with E-state index in [0.717, 1.165) is 12.2 Å². The first-order valence-corrected chi connectivity index (χ1v) is 15.9. The highest BCUT2D eigenvalue weighted by atomic mass is 19.2. The summed E-state index contributed by atoms with van der Waals surface area (Å²) in [5, 5.41) is 28.7. The molecule has 0 heterocycles. The molecule has 5 atom stereocenters. The molecule has 1 aromatic carbocycles. The number of aliphatic hydroxyl groups is 3. The molecule has 0 aliphatic heterocycles. The molecule has 0 saturated heterocycles. The SMILES string of the molecule is CCC(C)(CCOCC(O)COCCO)OCC(C)(C)C(C)(N)OCCC(C)(F)OCCOCC(O)CCOc1ccccc1. The lowest BCUT2D eigenvalue weighted by Gasteiger charge is -2.43. The van der Waals surface area contributed by atoms with Crippen LogP contribution in [-0.4, -0.2) is 117 Å². The monoisotopic (exact) mass is 649 g/mol. The van der Waals surface area contributed by atoms with E-state index in [9.17, 15) is 14.6 Å². The first kappa shape index (κ1) is 41.6. The van der Waals surface area contributed by atoms with Crippen LogP contribution in [0.3, 0.4) is 0 Å². The number of halogens is 1. The maximum atomic E-state index is 15.0. The molecule has 0 saturated carbocycles. The Hall–Kier alpha value is -1.45. The maximum Gasteiger partial charge on any atom is 0.208 e. The summed E-state index contributed by atoms with van der Waals surface area (Å²) in [6, 6.07) is 9.36. The number of aliphatic hydroxyl groups excluding tert-OH is 3. The number of ether oxygens (including phenoxy) is 7. The Kier molecular flexibility index (Phi) is 19.8. The molecule has 1 rings (SSSR count). The predicted molar refractivity (Wildman–Crippen MR) is 170 cm³/mol. The molecule has 0 fully saturated rings. The minimum Gasteiger partial charge on any atom is -0.493 e. The highest BCUT2D eigenvalue weighted by molar-refractivity contribution is 5.20. The molecule has 0 amide bonds. The van der Waals surface area contributed by atoms with E-state index in [1.807, 2.05) is 58.0 Å². The van der Waals surface area contributed by atoms with Gasteiger partial charge in [0.15, 0.2) is 0 Å². The fraction of sp³-hybridized carbons (Fsp3) is 0.818. The number of nitrogens with two attached hydrogens (primary N) is 1. The van der Waals surface area contributed by atoms with Crippen LogP contribution < -0.4 is 10.5 Å². The average molecular weight is 650 g/mol. The summed E-state index contributed by atoms with van der Waals surface area (Å²) in [5.41, 5.74) is 4.33. The topological polar surface area (TPSA) is 151 Å². The van der Waals surface area contributed by atoms with Gasteiger partial charge in [-0.05, 0) is 45.7 Å². The number of hydrogen-bond donors (Lipinski definition) is 4. The van der Waals surface area contributed by atoms with Crippen LogP contribution in [-0.2, 0) is 28.4 Å². The summed E-state index contributed by atoms with van der Waals surface area (Å²) in [4.78, 5) is 0. The van der Waals surface area contributed by atoms with Gasteiger partial charge in [-0.15, -0.1) is 0 Å². The van der Waals surface area contributed by atoms with E-state index in [0.29, 0.717) is 32.7 Å². The summed E-state index contributed by atoms with van der Waals surface area (Å²) in [6.45, 7) is 12.7. The summed E-state index contributed by atoms with van der Waals surface area (Å²) in [7, 11) is 0. The second kappa shape index (κ2) is 21.4. The van der Waals surface area contributed by atoms with E-state index in [2.05, 4.69) is 0 Å². The van der Waals surface area contributed by atoms with Crippen molar-refractivity contribution in [2.24, 2.45) is 11.1 Å². The van der Waals surface area contributed by atoms with Crippen LogP contribution in [0.15, 0.2) is 30.3 Å². The number of para-hydroxylation sites is 1. The number of alkyl halides is 1. The highest BCUT2D eigenvalue weighted by Gasteiger charge is 2.41. The molecule has 264 valence electrons. The van der Waals surface area contributed by atoms with Gasteiger partial charge in [0, 0.05) is 24.9 Å². The summed E-state index contributed by atoms with van der Waals surface area (Å²) >= 11 is 0. The van der Waals surface area contributed by atoms with E-state index in [4.69, 9.17) is 44.0 Å². The maximum absolute atomic E-state index is 15.0. The molecule has 0 aromatic heterocycles. The van der Waals surface area contributed by atoms with Gasteiger partial charge in [-0.1, -0.05) is 39.0 Å². The summed E-state index contributed by atoms with van der Waals surface area (Å²) in [5.74, 6) is -1.20. The van der Waals surface area contributed by atoms with Crippen LogP contribution in [0, 0.1) is 5.41 Å². The molecule has 0 aliphatic rings. The molecule has 12 heteroatoms. The molecule has 0 aliphatic carbocycles. The van der Waals surface area contributed by atoms with E-state index < -0.39 is 34.8 Å². The minimum absolute atomic E-state index is 0.0230. The van der Waals surface area contributed by atoms with Crippen molar-refractivity contribution in [1.82, 2.24) is 0 Å². The Morgan fingerprint density at radius 3 is 2.02 bits per heavy atom. The van der Waals surface area contributed by atoms with Crippen molar-refractivity contribution in [2.45, 2.75) is 96.6 Å². The van der Waals surface area contributed by atoms with Crippen LogP contribution in [0.5, 0.6) is 5.75 Å². The molecule has 0 spiro atoms. The van der Waals surface area contributed by atoms with Gasteiger partial charge in [-0.3, -0.25) is 0 Å². The number of rotatable bonds is 28. The quantitative estimate of drug-likeness (QED) is 0.0779. The lowest BCUT2D eigenvalue weighted by atomic mass is 9.82. The smallest absolute Gasteiger partial charge is 0.208 e. The van der Waals surface area contributed by atoms with Crippen molar-refractivity contribution in [2.75, 3.05) is 72.7 Å². The van der Waals surface area contributed by atoms with Crippen LogP contribution in [0.1, 0.15) is 67.2 Å². The minimum atomic E-state index is -1.94. The third-order valence-electron chi connectivity index (χ3n) is 7.86. The zero-order chi connectivity index (χ0) is 33.8. The van der Waals surface area contributed by atoms with E-state index >= 15 is 0 Å². The van der Waals surface area contributed by atoms with Gasteiger partial charge in [-0.2, -0.15) is 0 Å². The second-order valence-corrected chi connectivity index (χ2v) is 12.6. The Morgan fingerprint density at radius 1 is 0.756 bits per heavy atom. The van der Waals surface area contributed by atoms with E-state index in [-0.39, 0.29) is 59.3 Å². The Bertz CT molecular complexity index is 876. The Balaban J connectivity index is 2.30. The van der Waals surface area contributed by atoms with E-state index in [1.54, 1.807) is 6.92 Å². The molecular formula is C33H60FNO10. The van der Waals surface area contributed by atoms with Crippen molar-refractivity contribution in [3.8, 4) is 5.75 Å². The van der Waals surface area contributed by atoms with Crippen LogP contribution in [0.4, 0.5) is 4.39 Å². The fourth-order valence-corrected chi connectivity index (χ4v) is 3.85. The van der Waals surface area contributed by atoms with Crippen LogP contribution >= 0.6 is 0 Å². The lowest BCUT2D eigenvalue weighted by molar-refractivity contribution is -0.188. The van der Waals surface area contributed by atoms with Crippen molar-refractivity contribution in [3.05, 3.63) is 30.3 Å². The van der Waals surface area contributed by atoms with Gasteiger partial charge < -0.3 is 54.2 Å². The molecule has 0 bridgehead atoms. The normalized spacial score (nSPS) is 17.7. The Morgan fingerprint density at radius 2 is 1.38 bits per heavy atom. The largest absolute Gasteiger partial charge is 0.493 e. The zero-order valence-corrected chi connectivity index (χ0v) is 28.3. The molecule has 5 N–H and O–H groups in total. The first-order chi connectivity index (χ1) is 21.2. The van der Waals surface area contributed by atoms with Crippen LogP contribution in [0.2, 0.25) is 0 Å². The Labute approximate surface area is 269 Å². The number of hydrogen-bond acceptors (Lipinski definition) is 11. The van der Waals surface area contributed by atoms with Gasteiger partial charge in [0.05, 0.1) is 77.8 Å². The molecule has 11 nitrogen and oxygen atoms in total. The average Bonchev–Trinajstić information content (AvgIpc) is 2.98. The third kappa shape index (κ3) is 18.5. The van der Waals surface area contributed by atoms with Crippen molar-refractivity contribution < 1.29 is 52.9 Å². The summed E-state index contributed by atoms with van der Waals surface area (Å²) < 4.78 is 54.3. The second-order valence-electron chi connectivity index (χ2n) is 12.6. The molecule has 5 unspecified atom stereocenters. The van der Waals surface area contributed by atoms with E-state index in [1.165, 1.54) is 6.92 Å². The van der Waals surface area contributed by atoms with Crippen molar-refractivity contribution >= 4 is 0 Å². The molecular weight excluding hydrogens is 589 g/mol.